The van der Waals surface area contributed by atoms with E-state index in [1.165, 1.54) is 185 Å². The van der Waals surface area contributed by atoms with E-state index in [9.17, 15) is 0 Å². The van der Waals surface area contributed by atoms with Crippen LogP contribution >= 0.6 is 0 Å². The molecule has 600 valence electrons. The Morgan fingerprint density at radius 3 is 0.976 bits per heavy atom. The highest BCUT2D eigenvalue weighted by molar-refractivity contribution is 6.15. The summed E-state index contributed by atoms with van der Waals surface area (Å²) in [6, 6.07) is 123. The Labute approximate surface area is 728 Å². The number of rotatable bonds is 8. The molecule has 8 bridgehead atoms. The first-order valence-electron chi connectivity index (χ1n) is 45.8. The average molecular weight is 1620 g/mol. The van der Waals surface area contributed by atoms with Gasteiger partial charge in [0.1, 0.15) is 5.52 Å². The molecule has 0 unspecified atom stereocenters. The average Bonchev–Trinajstić information content (AvgIpc) is 1.49. The zero-order valence-electron chi connectivity index (χ0n) is 69.6. The van der Waals surface area contributed by atoms with Gasteiger partial charge in [-0.25, -0.2) is 9.97 Å². The molecule has 0 saturated heterocycles. The van der Waals surface area contributed by atoms with Crippen molar-refractivity contribution in [2.45, 2.75) is 75.0 Å². The lowest BCUT2D eigenvalue weighted by atomic mass is 9.43. The fourth-order valence-corrected chi connectivity index (χ4v) is 27.9. The molecule has 0 N–H and O–H groups in total. The largest absolute Gasteiger partial charge is 0.309 e. The molecule has 22 aromatic rings. The number of benzene rings is 14. The number of para-hydroxylation sites is 6. The fourth-order valence-electron chi connectivity index (χ4n) is 27.9. The predicted molar refractivity (Wildman–Crippen MR) is 512 cm³/mol. The fraction of sp³-hybridized carbons (Fsp3) is 0.172. The van der Waals surface area contributed by atoms with Crippen LogP contribution in [-0.2, 0) is 10.8 Å². The zero-order valence-corrected chi connectivity index (χ0v) is 69.6. The Hall–Kier alpha value is -14.5. The third-order valence-corrected chi connectivity index (χ3v) is 32.3. The van der Waals surface area contributed by atoms with Gasteiger partial charge in [0.15, 0.2) is 0 Å². The van der Waals surface area contributed by atoms with Crippen LogP contribution in [0.15, 0.2) is 352 Å². The summed E-state index contributed by atoms with van der Waals surface area (Å²) in [6.45, 7) is 0. The van der Waals surface area contributed by atoms with Crippen molar-refractivity contribution in [1.82, 2.24) is 47.3 Å². The molecular formula is C116H86N10. The Morgan fingerprint density at radius 1 is 0.214 bits per heavy atom. The molecule has 0 aliphatic heterocycles. The first-order valence-corrected chi connectivity index (χ1v) is 45.8. The van der Waals surface area contributed by atoms with Crippen molar-refractivity contribution in [2.75, 3.05) is 0 Å². The second kappa shape index (κ2) is 26.1. The molecule has 0 atom stereocenters. The number of nitrogens with zero attached hydrogens (tertiary/aromatic N) is 10. The summed E-state index contributed by atoms with van der Waals surface area (Å²) in [5.74, 6) is 8.33. The van der Waals surface area contributed by atoms with E-state index in [4.69, 9.17) is 9.97 Å². The van der Waals surface area contributed by atoms with Crippen molar-refractivity contribution in [3.63, 3.8) is 0 Å². The van der Waals surface area contributed by atoms with E-state index >= 15 is 0 Å². The summed E-state index contributed by atoms with van der Waals surface area (Å²) in [4.78, 5) is 19.4. The predicted octanol–water partition coefficient (Wildman–Crippen LogP) is 28.0. The first kappa shape index (κ1) is 70.0. The van der Waals surface area contributed by atoms with Crippen molar-refractivity contribution in [2.24, 2.45) is 47.3 Å². The third-order valence-electron chi connectivity index (χ3n) is 32.3. The topological polar surface area (TPSA) is 81.1 Å². The second-order valence-electron chi connectivity index (χ2n) is 38.1. The Balaban J connectivity index is 0.000000125. The van der Waals surface area contributed by atoms with Gasteiger partial charge in [0.05, 0.1) is 73.1 Å². The number of hydrogen-bond donors (Lipinski definition) is 0. The van der Waals surface area contributed by atoms with Gasteiger partial charge in [0.25, 0.3) is 0 Å². The van der Waals surface area contributed by atoms with Gasteiger partial charge >= 0.3 is 0 Å². The highest BCUT2D eigenvalue weighted by atomic mass is 15.3. The lowest BCUT2D eigenvalue weighted by Crippen LogP contribution is -2.55. The van der Waals surface area contributed by atoms with Gasteiger partial charge in [0, 0.05) is 89.1 Å². The van der Waals surface area contributed by atoms with Crippen LogP contribution in [0.1, 0.15) is 86.5 Å². The molecule has 126 heavy (non-hydrogen) atoms. The quantitative estimate of drug-likeness (QED) is 0.152. The van der Waals surface area contributed by atoms with E-state index in [1.54, 1.807) is 22.3 Å². The van der Waals surface area contributed by atoms with Gasteiger partial charge in [-0.3, -0.25) is 28.2 Å². The van der Waals surface area contributed by atoms with Gasteiger partial charge < -0.3 is 9.13 Å². The third kappa shape index (κ3) is 9.55. The van der Waals surface area contributed by atoms with Gasteiger partial charge in [-0.05, 0) is 312 Å². The van der Waals surface area contributed by atoms with E-state index in [0.717, 1.165) is 115 Å². The summed E-state index contributed by atoms with van der Waals surface area (Å²) in [6.07, 6.45) is 21.5. The van der Waals surface area contributed by atoms with E-state index in [1.807, 2.05) is 30.9 Å². The monoisotopic (exact) mass is 1620 g/mol. The molecule has 32 rings (SSSR count). The molecule has 2 spiro atoms. The minimum Gasteiger partial charge on any atom is -0.309 e. The van der Waals surface area contributed by atoms with Crippen molar-refractivity contribution in [3.05, 3.63) is 375 Å². The lowest BCUT2D eigenvalue weighted by Gasteiger charge is -2.61. The SMILES string of the molecule is c1ccc(-n2c(-n3c4ccccc4c4cc(-c5ccc6c(c5)c5ccccc5n6-c5ccc6c(c5)C5(c7ccccc7-6)C6CC7CC(C6)CC5C7)ccc43)nc3ccncc32)cc1.c1ccc(-n2c(-n3c4ccccc4c4cc(-c5ccc6c(c5)c5ccccc5n6-c5ccc6c(c5)C5(c7ccccc7-6)C6CC7CC(C6)CC5C7)ccc43)nc3cnccc32)cc1. The van der Waals surface area contributed by atoms with Crippen molar-refractivity contribution < 1.29 is 0 Å². The zero-order chi connectivity index (χ0) is 81.9. The van der Waals surface area contributed by atoms with Crippen molar-refractivity contribution >= 4 is 109 Å². The van der Waals surface area contributed by atoms with Crippen molar-refractivity contribution in [1.29, 1.82) is 0 Å². The minimum absolute atomic E-state index is 0.133. The number of fused-ring (bicyclic) bond motifs is 20. The summed E-state index contributed by atoms with van der Waals surface area (Å²) in [5.41, 5.74) is 35.4. The standard InChI is InChI=1S/2C58H43N5/c1-2-10-41(11-3-1)62-56-24-25-59-34-51(56)60-57(62)63-53-17-9-6-14-46(53)48-32-38(19-23-55(48)63)37-18-22-54-47(31-37)45-13-5-8-16-52(45)61(54)42-20-21-44-43-12-4-7-15-49(43)58(50(44)33-42)39-27-35-26-36(29-39)30-40(58)28-35;1-2-10-41(11-3-1)62-56-34-59-25-24-51(56)60-57(62)63-53-17-9-6-14-46(53)48-32-38(19-23-55(48)63)37-18-22-54-47(31-37)45-13-5-8-16-52(45)61(54)42-20-21-44-43-12-4-7-15-49(43)58(50(44)33-42)39-27-35-26-36(29-39)30-40(58)28-35/h2*1-25,31-36,39-40H,26-30H2. The maximum atomic E-state index is 5.26. The van der Waals surface area contributed by atoms with Gasteiger partial charge in [-0.1, -0.05) is 194 Å². The number of aromatic nitrogens is 10. The van der Waals surface area contributed by atoms with E-state index in [-0.39, 0.29) is 10.8 Å². The van der Waals surface area contributed by atoms with Crippen LogP contribution in [0.25, 0.3) is 188 Å². The van der Waals surface area contributed by atoms with Crippen LogP contribution in [0.4, 0.5) is 0 Å². The summed E-state index contributed by atoms with van der Waals surface area (Å²) in [5, 5.41) is 9.94. The molecule has 10 nitrogen and oxygen atoms in total. The number of imidazole rings is 2. The van der Waals surface area contributed by atoms with E-state index in [0.29, 0.717) is 0 Å². The maximum Gasteiger partial charge on any atom is 0.220 e. The minimum atomic E-state index is 0.133. The Morgan fingerprint density at radius 2 is 0.548 bits per heavy atom. The lowest BCUT2D eigenvalue weighted by molar-refractivity contribution is -0.0399. The molecule has 10 heteroatoms. The van der Waals surface area contributed by atoms with E-state index < -0.39 is 0 Å². The first-order chi connectivity index (χ1) is 62.4. The van der Waals surface area contributed by atoms with Crippen LogP contribution in [-0.4, -0.2) is 47.3 Å². The Bertz CT molecular complexity index is 7860. The van der Waals surface area contributed by atoms with Crippen LogP contribution in [0.2, 0.25) is 0 Å². The van der Waals surface area contributed by atoms with Gasteiger partial charge in [-0.15, -0.1) is 0 Å². The smallest absolute Gasteiger partial charge is 0.220 e. The number of pyridine rings is 2. The van der Waals surface area contributed by atoms with Crippen molar-refractivity contribution in [3.8, 4) is 79.2 Å². The van der Waals surface area contributed by atoms with E-state index in [2.05, 4.69) is 359 Å². The summed E-state index contributed by atoms with van der Waals surface area (Å²) < 4.78 is 14.2. The molecule has 0 amide bonds. The summed E-state index contributed by atoms with van der Waals surface area (Å²) in [7, 11) is 0. The van der Waals surface area contributed by atoms with Crippen LogP contribution in [0.5, 0.6) is 0 Å². The highest BCUT2D eigenvalue weighted by Crippen LogP contribution is 2.72. The molecule has 14 aromatic carbocycles. The molecule has 8 saturated carbocycles. The molecule has 10 aliphatic rings. The molecule has 0 radical (unpaired) electrons. The maximum absolute atomic E-state index is 5.26. The molecule has 8 heterocycles. The van der Waals surface area contributed by atoms with Gasteiger partial charge in [-0.2, -0.15) is 0 Å². The highest BCUT2D eigenvalue weighted by Gasteiger charge is 2.63. The molecule has 10 aliphatic carbocycles. The van der Waals surface area contributed by atoms with Crippen LogP contribution < -0.4 is 0 Å². The molecule has 8 aromatic heterocycles. The van der Waals surface area contributed by atoms with Gasteiger partial charge in [0.2, 0.25) is 11.9 Å². The summed E-state index contributed by atoms with van der Waals surface area (Å²) >= 11 is 0. The second-order valence-corrected chi connectivity index (χ2v) is 38.1. The Kier molecular flexibility index (Phi) is 14.5. The number of hydrogen-bond acceptors (Lipinski definition) is 4. The normalized spacial score (nSPS) is 22.0. The van der Waals surface area contributed by atoms with Crippen LogP contribution in [0.3, 0.4) is 0 Å². The molecule has 8 fully saturated rings. The van der Waals surface area contributed by atoms with Crippen LogP contribution in [0, 0.1) is 47.3 Å². The molecular weight excluding hydrogens is 1530 g/mol.